The van der Waals surface area contributed by atoms with Crippen LogP contribution in [0.15, 0.2) is 12.5 Å². The van der Waals surface area contributed by atoms with Gasteiger partial charge in [-0.1, -0.05) is 6.92 Å². The third-order valence-corrected chi connectivity index (χ3v) is 2.46. The molecular formula is C11H21N3O. The lowest BCUT2D eigenvalue weighted by Crippen LogP contribution is -2.15. The molecule has 0 aliphatic rings. The molecule has 0 amide bonds. The molecule has 0 unspecified atom stereocenters. The van der Waals surface area contributed by atoms with Crippen LogP contribution in [0.1, 0.15) is 38.4 Å². The van der Waals surface area contributed by atoms with Gasteiger partial charge in [0.2, 0.25) is 0 Å². The van der Waals surface area contributed by atoms with Crippen molar-refractivity contribution < 1.29 is 4.74 Å². The van der Waals surface area contributed by atoms with Crippen molar-refractivity contribution in [1.29, 1.82) is 0 Å². The molecule has 4 heteroatoms. The zero-order valence-corrected chi connectivity index (χ0v) is 9.65. The molecule has 0 fully saturated rings. The van der Waals surface area contributed by atoms with Crippen molar-refractivity contribution in [3.63, 3.8) is 0 Å². The van der Waals surface area contributed by atoms with Gasteiger partial charge in [0.15, 0.2) is 0 Å². The van der Waals surface area contributed by atoms with E-state index in [1.807, 2.05) is 19.4 Å². The van der Waals surface area contributed by atoms with Crippen molar-refractivity contribution in [2.45, 2.75) is 39.3 Å². The van der Waals surface area contributed by atoms with Crippen LogP contribution in [0.4, 0.5) is 0 Å². The minimum atomic E-state index is 0.0968. The second-order valence-corrected chi connectivity index (χ2v) is 3.58. The van der Waals surface area contributed by atoms with Gasteiger partial charge < -0.3 is 15.0 Å². The third-order valence-electron chi connectivity index (χ3n) is 2.46. The molecule has 1 heterocycles. The largest absolute Gasteiger partial charge is 0.382 e. The van der Waals surface area contributed by atoms with E-state index in [2.05, 4.69) is 16.5 Å². The Bertz CT molecular complexity index is 273. The summed E-state index contributed by atoms with van der Waals surface area (Å²) < 4.78 is 7.41. The molecule has 0 saturated heterocycles. The molecule has 86 valence electrons. The summed E-state index contributed by atoms with van der Waals surface area (Å²) >= 11 is 0. The second-order valence-electron chi connectivity index (χ2n) is 3.58. The average molecular weight is 211 g/mol. The van der Waals surface area contributed by atoms with Crippen LogP contribution in [-0.2, 0) is 11.3 Å². The maximum absolute atomic E-state index is 5.98. The Balaban J connectivity index is 2.43. The molecule has 0 spiro atoms. The molecule has 0 aromatic carbocycles. The summed E-state index contributed by atoms with van der Waals surface area (Å²) in [6.07, 6.45) is 5.65. The Morgan fingerprint density at radius 2 is 2.33 bits per heavy atom. The SMILES string of the molecule is CCOCCCn1cncc1[C@H](N)CC. The predicted molar refractivity (Wildman–Crippen MR) is 60.6 cm³/mol. The van der Waals surface area contributed by atoms with E-state index in [9.17, 15) is 0 Å². The maximum Gasteiger partial charge on any atom is 0.0948 e. The van der Waals surface area contributed by atoms with Gasteiger partial charge in [0.25, 0.3) is 0 Å². The normalized spacial score (nSPS) is 13.0. The van der Waals surface area contributed by atoms with E-state index in [4.69, 9.17) is 10.5 Å². The first-order valence-electron chi connectivity index (χ1n) is 5.62. The van der Waals surface area contributed by atoms with Crippen molar-refractivity contribution in [2.24, 2.45) is 5.73 Å². The Kier molecular flexibility index (Phi) is 5.36. The molecule has 1 aromatic heterocycles. The Morgan fingerprint density at radius 3 is 3.00 bits per heavy atom. The summed E-state index contributed by atoms with van der Waals surface area (Å²) in [4.78, 5) is 4.13. The van der Waals surface area contributed by atoms with E-state index >= 15 is 0 Å². The number of nitrogens with two attached hydrogens (primary N) is 1. The van der Waals surface area contributed by atoms with Crippen LogP contribution >= 0.6 is 0 Å². The summed E-state index contributed by atoms with van der Waals surface area (Å²) in [7, 11) is 0. The molecule has 1 aromatic rings. The highest BCUT2D eigenvalue weighted by molar-refractivity contribution is 5.03. The van der Waals surface area contributed by atoms with Gasteiger partial charge in [-0.3, -0.25) is 0 Å². The summed E-state index contributed by atoms with van der Waals surface area (Å²) in [5.41, 5.74) is 7.10. The molecule has 15 heavy (non-hydrogen) atoms. The fourth-order valence-electron chi connectivity index (χ4n) is 1.52. The van der Waals surface area contributed by atoms with Crippen LogP contribution < -0.4 is 5.73 Å². The van der Waals surface area contributed by atoms with Crippen molar-refractivity contribution in [3.8, 4) is 0 Å². The quantitative estimate of drug-likeness (QED) is 0.699. The van der Waals surface area contributed by atoms with Crippen LogP contribution in [0.5, 0.6) is 0 Å². The highest BCUT2D eigenvalue weighted by Crippen LogP contribution is 2.13. The average Bonchev–Trinajstić information content (AvgIpc) is 2.71. The van der Waals surface area contributed by atoms with Crippen molar-refractivity contribution in [3.05, 3.63) is 18.2 Å². The second kappa shape index (κ2) is 6.58. The molecule has 2 N–H and O–H groups in total. The minimum absolute atomic E-state index is 0.0968. The van der Waals surface area contributed by atoms with E-state index < -0.39 is 0 Å². The molecule has 0 aliphatic heterocycles. The minimum Gasteiger partial charge on any atom is -0.382 e. The van der Waals surface area contributed by atoms with Gasteiger partial charge in [-0.05, 0) is 19.8 Å². The molecular weight excluding hydrogens is 190 g/mol. The van der Waals surface area contributed by atoms with Gasteiger partial charge in [-0.2, -0.15) is 0 Å². The van der Waals surface area contributed by atoms with Crippen molar-refractivity contribution >= 4 is 0 Å². The summed E-state index contributed by atoms with van der Waals surface area (Å²) in [5, 5.41) is 0. The Labute approximate surface area is 91.4 Å². The van der Waals surface area contributed by atoms with Crippen molar-refractivity contribution in [1.82, 2.24) is 9.55 Å². The molecule has 0 saturated carbocycles. The predicted octanol–water partition coefficient (Wildman–Crippen LogP) is 1.72. The lowest BCUT2D eigenvalue weighted by atomic mass is 10.2. The zero-order chi connectivity index (χ0) is 11.1. The third kappa shape index (κ3) is 3.64. The fourth-order valence-corrected chi connectivity index (χ4v) is 1.52. The van der Waals surface area contributed by atoms with E-state index in [1.54, 1.807) is 0 Å². The van der Waals surface area contributed by atoms with E-state index in [-0.39, 0.29) is 6.04 Å². The van der Waals surface area contributed by atoms with Gasteiger partial charge >= 0.3 is 0 Å². The van der Waals surface area contributed by atoms with Gasteiger partial charge in [0, 0.05) is 32.0 Å². The summed E-state index contributed by atoms with van der Waals surface area (Å²) in [5.74, 6) is 0. The van der Waals surface area contributed by atoms with E-state index in [0.717, 1.165) is 38.3 Å². The molecule has 4 nitrogen and oxygen atoms in total. The number of imidazole rings is 1. The van der Waals surface area contributed by atoms with Crippen LogP contribution in [-0.4, -0.2) is 22.8 Å². The standard InChI is InChI=1S/C11H21N3O/c1-3-10(12)11-8-13-9-14(11)6-5-7-15-4-2/h8-10H,3-7,12H2,1-2H3/t10-/m1/s1. The maximum atomic E-state index is 5.98. The number of ether oxygens (including phenoxy) is 1. The monoisotopic (exact) mass is 211 g/mol. The molecule has 0 bridgehead atoms. The molecule has 0 aliphatic carbocycles. The fraction of sp³-hybridized carbons (Fsp3) is 0.727. The molecule has 1 rings (SSSR count). The number of nitrogens with zero attached hydrogens (tertiary/aromatic N) is 2. The smallest absolute Gasteiger partial charge is 0.0948 e. The van der Waals surface area contributed by atoms with Crippen LogP contribution in [0.25, 0.3) is 0 Å². The van der Waals surface area contributed by atoms with Crippen LogP contribution in [0, 0.1) is 0 Å². The summed E-state index contributed by atoms with van der Waals surface area (Å²) in [6.45, 7) is 6.61. The van der Waals surface area contributed by atoms with Crippen molar-refractivity contribution in [2.75, 3.05) is 13.2 Å². The van der Waals surface area contributed by atoms with Crippen LogP contribution in [0.2, 0.25) is 0 Å². The molecule has 1 atom stereocenters. The highest BCUT2D eigenvalue weighted by Gasteiger charge is 2.08. The zero-order valence-electron chi connectivity index (χ0n) is 9.65. The van der Waals surface area contributed by atoms with E-state index in [0.29, 0.717) is 0 Å². The Morgan fingerprint density at radius 1 is 1.53 bits per heavy atom. The topological polar surface area (TPSA) is 53.1 Å². The first-order valence-corrected chi connectivity index (χ1v) is 5.62. The summed E-state index contributed by atoms with van der Waals surface area (Å²) in [6, 6.07) is 0.0968. The van der Waals surface area contributed by atoms with Gasteiger partial charge in [-0.15, -0.1) is 0 Å². The van der Waals surface area contributed by atoms with Crippen LogP contribution in [0.3, 0.4) is 0 Å². The first kappa shape index (κ1) is 12.2. The highest BCUT2D eigenvalue weighted by atomic mass is 16.5. The number of aromatic nitrogens is 2. The Hall–Kier alpha value is -0.870. The number of hydrogen-bond donors (Lipinski definition) is 1. The molecule has 0 radical (unpaired) electrons. The van der Waals surface area contributed by atoms with E-state index in [1.165, 1.54) is 0 Å². The van der Waals surface area contributed by atoms with Gasteiger partial charge in [0.1, 0.15) is 0 Å². The number of hydrogen-bond acceptors (Lipinski definition) is 3. The van der Waals surface area contributed by atoms with Gasteiger partial charge in [-0.25, -0.2) is 4.98 Å². The van der Waals surface area contributed by atoms with Gasteiger partial charge in [0.05, 0.1) is 12.0 Å². The number of aryl methyl sites for hydroxylation is 1. The lowest BCUT2D eigenvalue weighted by molar-refractivity contribution is 0.141. The first-order chi connectivity index (χ1) is 7.29. The number of rotatable bonds is 7. The lowest BCUT2D eigenvalue weighted by Gasteiger charge is -2.12.